The number of aromatic nitrogens is 2. The van der Waals surface area contributed by atoms with Crippen LogP contribution in [0.4, 0.5) is 5.82 Å². The molecule has 1 saturated heterocycles. The molecule has 1 saturated carbocycles. The van der Waals surface area contributed by atoms with Gasteiger partial charge in [-0.05, 0) is 25.7 Å². The van der Waals surface area contributed by atoms with Crippen LogP contribution in [0.15, 0.2) is 17.2 Å². The minimum absolute atomic E-state index is 0.0303. The molecule has 5 nitrogen and oxygen atoms in total. The number of anilines is 1. The highest BCUT2D eigenvalue weighted by atomic mass is 16.3. The minimum atomic E-state index is -0.192. The Morgan fingerprint density at radius 3 is 3.00 bits per heavy atom. The smallest absolute Gasteiger partial charge is 0.252 e. The SMILES string of the molecule is O=c1cc(N2CCC[C@@]3(CCC[C@H]3O)C2)nc[nH]1. The van der Waals surface area contributed by atoms with Crippen molar-refractivity contribution in [2.75, 3.05) is 18.0 Å². The van der Waals surface area contributed by atoms with E-state index in [1.807, 2.05) is 0 Å². The van der Waals surface area contributed by atoms with Crippen molar-refractivity contribution in [3.8, 4) is 0 Å². The first-order valence-electron chi connectivity index (χ1n) is 6.67. The molecule has 2 fully saturated rings. The van der Waals surface area contributed by atoms with Gasteiger partial charge in [0.25, 0.3) is 5.56 Å². The van der Waals surface area contributed by atoms with Crippen molar-refractivity contribution in [1.82, 2.24) is 9.97 Å². The molecule has 2 atom stereocenters. The standard InChI is InChI=1S/C13H19N3O2/c17-10-3-1-4-13(10)5-2-6-16(8-13)11-7-12(18)15-9-14-11/h7,9-10,17H,1-6,8H2,(H,14,15,18)/t10-,13+/m1/s1. The zero-order valence-electron chi connectivity index (χ0n) is 10.4. The molecule has 2 aliphatic rings. The lowest BCUT2D eigenvalue weighted by Gasteiger charge is -2.43. The second-order valence-corrected chi connectivity index (χ2v) is 5.56. The molecule has 0 bridgehead atoms. The summed E-state index contributed by atoms with van der Waals surface area (Å²) in [7, 11) is 0. The number of nitrogens with zero attached hydrogens (tertiary/aromatic N) is 2. The first-order valence-corrected chi connectivity index (χ1v) is 6.67. The van der Waals surface area contributed by atoms with Gasteiger partial charge in [-0.3, -0.25) is 4.79 Å². The maximum absolute atomic E-state index is 11.3. The first kappa shape index (κ1) is 11.7. The fourth-order valence-corrected chi connectivity index (χ4v) is 3.48. The zero-order chi connectivity index (χ0) is 12.6. The van der Waals surface area contributed by atoms with Crippen LogP contribution >= 0.6 is 0 Å². The van der Waals surface area contributed by atoms with Crippen molar-refractivity contribution in [3.63, 3.8) is 0 Å². The largest absolute Gasteiger partial charge is 0.392 e. The molecule has 5 heteroatoms. The summed E-state index contributed by atoms with van der Waals surface area (Å²) in [5.74, 6) is 0.733. The Hall–Kier alpha value is -1.36. The van der Waals surface area contributed by atoms with Crippen LogP contribution in [0, 0.1) is 5.41 Å². The van der Waals surface area contributed by atoms with Crippen molar-refractivity contribution in [1.29, 1.82) is 0 Å². The summed E-state index contributed by atoms with van der Waals surface area (Å²) < 4.78 is 0. The van der Waals surface area contributed by atoms with Crippen LogP contribution in [0.1, 0.15) is 32.1 Å². The van der Waals surface area contributed by atoms with Crippen LogP contribution in [-0.4, -0.2) is 34.3 Å². The molecule has 1 aliphatic carbocycles. The van der Waals surface area contributed by atoms with Gasteiger partial charge in [0.1, 0.15) is 5.82 Å². The summed E-state index contributed by atoms with van der Waals surface area (Å²) in [5, 5.41) is 10.2. The number of H-pyrrole nitrogens is 1. The third-order valence-corrected chi connectivity index (χ3v) is 4.46. The summed E-state index contributed by atoms with van der Waals surface area (Å²) >= 11 is 0. The molecule has 2 heterocycles. The van der Waals surface area contributed by atoms with Crippen molar-refractivity contribution in [2.45, 2.75) is 38.2 Å². The number of nitrogens with one attached hydrogen (secondary N) is 1. The summed E-state index contributed by atoms with van der Waals surface area (Å²) in [6.07, 6.45) is 6.52. The Bertz CT molecular complexity index is 487. The Labute approximate surface area is 106 Å². The first-order chi connectivity index (χ1) is 8.70. The van der Waals surface area contributed by atoms with E-state index in [9.17, 15) is 9.90 Å². The van der Waals surface area contributed by atoms with Crippen molar-refractivity contribution in [2.24, 2.45) is 5.41 Å². The van der Waals surface area contributed by atoms with Crippen molar-refractivity contribution >= 4 is 5.82 Å². The third-order valence-electron chi connectivity index (χ3n) is 4.46. The molecule has 0 radical (unpaired) electrons. The van der Waals surface area contributed by atoms with Gasteiger partial charge >= 0.3 is 0 Å². The lowest BCUT2D eigenvalue weighted by atomic mass is 9.77. The van der Waals surface area contributed by atoms with E-state index in [-0.39, 0.29) is 17.1 Å². The quantitative estimate of drug-likeness (QED) is 0.776. The third kappa shape index (κ3) is 1.92. The highest BCUT2D eigenvalue weighted by Crippen LogP contribution is 2.45. The fraction of sp³-hybridized carbons (Fsp3) is 0.692. The maximum Gasteiger partial charge on any atom is 0.252 e. The molecule has 0 aromatic carbocycles. The molecular formula is C13H19N3O2. The molecule has 1 spiro atoms. The van der Waals surface area contributed by atoms with E-state index in [4.69, 9.17) is 0 Å². The van der Waals surface area contributed by atoms with Gasteiger partial charge in [-0.15, -0.1) is 0 Å². The molecule has 1 aromatic rings. The molecule has 0 unspecified atom stereocenters. The molecule has 3 rings (SSSR count). The zero-order valence-corrected chi connectivity index (χ0v) is 10.4. The van der Waals surface area contributed by atoms with Gasteiger partial charge in [-0.2, -0.15) is 0 Å². The van der Waals surface area contributed by atoms with Crippen LogP contribution in [0.25, 0.3) is 0 Å². The Morgan fingerprint density at radius 1 is 1.44 bits per heavy atom. The monoisotopic (exact) mass is 249 g/mol. The second kappa shape index (κ2) is 4.39. The maximum atomic E-state index is 11.3. The summed E-state index contributed by atoms with van der Waals surface area (Å²) in [5.41, 5.74) is -0.0886. The molecule has 18 heavy (non-hydrogen) atoms. The molecule has 1 aromatic heterocycles. The fourth-order valence-electron chi connectivity index (χ4n) is 3.48. The van der Waals surface area contributed by atoms with E-state index in [0.717, 1.165) is 51.0 Å². The molecule has 0 amide bonds. The number of piperidine rings is 1. The summed E-state index contributed by atoms with van der Waals surface area (Å²) in [6.45, 7) is 1.75. The second-order valence-electron chi connectivity index (χ2n) is 5.56. The van der Waals surface area contributed by atoms with E-state index in [1.54, 1.807) is 6.07 Å². The Balaban J connectivity index is 1.84. The highest BCUT2D eigenvalue weighted by molar-refractivity contribution is 5.38. The molecule has 1 aliphatic heterocycles. The lowest BCUT2D eigenvalue weighted by Crippen LogP contribution is -2.47. The predicted octanol–water partition coefficient (Wildman–Crippen LogP) is 0.901. The van der Waals surface area contributed by atoms with E-state index in [2.05, 4.69) is 14.9 Å². The molecule has 98 valence electrons. The van der Waals surface area contributed by atoms with Gasteiger partial charge in [-0.25, -0.2) is 4.98 Å². The number of hydrogen-bond acceptors (Lipinski definition) is 4. The Morgan fingerprint density at radius 2 is 2.28 bits per heavy atom. The normalized spacial score (nSPS) is 32.1. The van der Waals surface area contributed by atoms with Gasteiger partial charge < -0.3 is 15.0 Å². The topological polar surface area (TPSA) is 69.2 Å². The number of aliphatic hydroxyl groups is 1. The van der Waals surface area contributed by atoms with Crippen LogP contribution in [-0.2, 0) is 0 Å². The number of aliphatic hydroxyl groups excluding tert-OH is 1. The van der Waals surface area contributed by atoms with Crippen molar-refractivity contribution in [3.05, 3.63) is 22.7 Å². The van der Waals surface area contributed by atoms with E-state index in [1.165, 1.54) is 6.33 Å². The summed E-state index contributed by atoms with van der Waals surface area (Å²) in [4.78, 5) is 20.3. The van der Waals surface area contributed by atoms with Gasteiger partial charge in [0, 0.05) is 24.6 Å². The van der Waals surface area contributed by atoms with E-state index in [0.29, 0.717) is 0 Å². The molecule has 2 N–H and O–H groups in total. The average molecular weight is 249 g/mol. The Kier molecular flexibility index (Phi) is 2.86. The van der Waals surface area contributed by atoms with Crippen LogP contribution in [0.3, 0.4) is 0 Å². The van der Waals surface area contributed by atoms with Crippen LogP contribution < -0.4 is 10.5 Å². The highest BCUT2D eigenvalue weighted by Gasteiger charge is 2.44. The number of rotatable bonds is 1. The minimum Gasteiger partial charge on any atom is -0.392 e. The lowest BCUT2D eigenvalue weighted by molar-refractivity contribution is 0.0408. The number of hydrogen-bond donors (Lipinski definition) is 2. The van der Waals surface area contributed by atoms with Gasteiger partial charge in [0.2, 0.25) is 0 Å². The number of aromatic amines is 1. The van der Waals surface area contributed by atoms with Crippen molar-refractivity contribution < 1.29 is 5.11 Å². The van der Waals surface area contributed by atoms with Gasteiger partial charge in [0.15, 0.2) is 0 Å². The molecular weight excluding hydrogens is 230 g/mol. The van der Waals surface area contributed by atoms with E-state index >= 15 is 0 Å². The van der Waals surface area contributed by atoms with Crippen LogP contribution in [0.5, 0.6) is 0 Å². The van der Waals surface area contributed by atoms with E-state index < -0.39 is 0 Å². The predicted molar refractivity (Wildman–Crippen MR) is 68.6 cm³/mol. The van der Waals surface area contributed by atoms with Gasteiger partial charge in [-0.1, -0.05) is 6.42 Å². The summed E-state index contributed by atoms with van der Waals surface area (Å²) in [6, 6.07) is 1.54. The van der Waals surface area contributed by atoms with Crippen LogP contribution in [0.2, 0.25) is 0 Å². The average Bonchev–Trinajstić information content (AvgIpc) is 2.71. The van der Waals surface area contributed by atoms with Gasteiger partial charge in [0.05, 0.1) is 12.4 Å².